The number of amides is 1. The van der Waals surface area contributed by atoms with Crippen LogP contribution in [0.25, 0.3) is 0 Å². The SMILES string of the molecule is Cl.O=CNC1(c2ccc(=O)[nH]c2)CCCCC1. The van der Waals surface area contributed by atoms with Gasteiger partial charge in [-0.15, -0.1) is 12.4 Å². The summed E-state index contributed by atoms with van der Waals surface area (Å²) >= 11 is 0. The van der Waals surface area contributed by atoms with Crippen LogP contribution in [0, 0.1) is 0 Å². The molecule has 1 aromatic heterocycles. The Balaban J connectivity index is 0.00000144. The van der Waals surface area contributed by atoms with Gasteiger partial charge >= 0.3 is 0 Å². The van der Waals surface area contributed by atoms with Gasteiger partial charge in [-0.2, -0.15) is 0 Å². The third-order valence-corrected chi connectivity index (χ3v) is 3.38. The zero-order valence-electron chi connectivity index (χ0n) is 9.57. The van der Waals surface area contributed by atoms with Gasteiger partial charge in [0, 0.05) is 12.3 Å². The van der Waals surface area contributed by atoms with Gasteiger partial charge in [-0.1, -0.05) is 19.3 Å². The highest BCUT2D eigenvalue weighted by Gasteiger charge is 2.33. The van der Waals surface area contributed by atoms with Crippen LogP contribution in [0.3, 0.4) is 0 Å². The molecular formula is C12H17ClN2O2. The summed E-state index contributed by atoms with van der Waals surface area (Å²) in [6.45, 7) is 0. The summed E-state index contributed by atoms with van der Waals surface area (Å²) < 4.78 is 0. The summed E-state index contributed by atoms with van der Waals surface area (Å²) in [4.78, 5) is 24.4. The van der Waals surface area contributed by atoms with E-state index in [1.165, 1.54) is 12.5 Å². The first-order valence-corrected chi connectivity index (χ1v) is 5.67. The van der Waals surface area contributed by atoms with Gasteiger partial charge in [0.1, 0.15) is 0 Å². The van der Waals surface area contributed by atoms with E-state index < -0.39 is 0 Å². The van der Waals surface area contributed by atoms with Gasteiger partial charge in [-0.25, -0.2) is 0 Å². The fraction of sp³-hybridized carbons (Fsp3) is 0.500. The summed E-state index contributed by atoms with van der Waals surface area (Å²) in [6, 6.07) is 3.32. The fourth-order valence-corrected chi connectivity index (χ4v) is 2.49. The number of halogens is 1. The number of rotatable bonds is 3. The first kappa shape index (κ1) is 13.8. The van der Waals surface area contributed by atoms with E-state index in [1.807, 2.05) is 0 Å². The minimum absolute atomic E-state index is 0. The molecule has 2 rings (SSSR count). The molecule has 94 valence electrons. The number of hydrogen-bond donors (Lipinski definition) is 2. The quantitative estimate of drug-likeness (QED) is 0.809. The molecule has 2 N–H and O–H groups in total. The molecular weight excluding hydrogens is 240 g/mol. The monoisotopic (exact) mass is 256 g/mol. The number of aromatic amines is 1. The van der Waals surface area contributed by atoms with Crippen LogP contribution in [0.4, 0.5) is 0 Å². The predicted octanol–water partition coefficient (Wildman–Crippen LogP) is 1.70. The third kappa shape index (κ3) is 2.88. The summed E-state index contributed by atoms with van der Waals surface area (Å²) in [6.07, 6.45) is 7.79. The van der Waals surface area contributed by atoms with Crippen molar-refractivity contribution in [2.75, 3.05) is 0 Å². The standard InChI is InChI=1S/C12H16N2O2.ClH/c15-9-14-12(6-2-1-3-7-12)10-4-5-11(16)13-8-10;/h4-5,8-9H,1-3,6-7H2,(H,13,16)(H,14,15);1H. The largest absolute Gasteiger partial charge is 0.349 e. The molecule has 0 aliphatic heterocycles. The number of H-pyrrole nitrogens is 1. The molecule has 4 nitrogen and oxygen atoms in total. The molecule has 1 fully saturated rings. The van der Waals surface area contributed by atoms with Crippen molar-refractivity contribution < 1.29 is 4.79 Å². The van der Waals surface area contributed by atoms with E-state index in [0.29, 0.717) is 0 Å². The second kappa shape index (κ2) is 5.87. The Bertz CT molecular complexity index is 404. The lowest BCUT2D eigenvalue weighted by Gasteiger charge is -2.37. The predicted molar refractivity (Wildman–Crippen MR) is 68.3 cm³/mol. The van der Waals surface area contributed by atoms with Crippen LogP contribution in [-0.2, 0) is 10.3 Å². The molecule has 0 bridgehead atoms. The Morgan fingerprint density at radius 1 is 1.24 bits per heavy atom. The molecule has 0 aromatic carbocycles. The summed E-state index contributed by atoms with van der Waals surface area (Å²) in [5.41, 5.74) is 0.615. The van der Waals surface area contributed by atoms with Crippen LogP contribution >= 0.6 is 12.4 Å². The molecule has 17 heavy (non-hydrogen) atoms. The molecule has 5 heteroatoms. The maximum atomic E-state index is 11.0. The Morgan fingerprint density at radius 3 is 2.47 bits per heavy atom. The number of hydrogen-bond acceptors (Lipinski definition) is 2. The summed E-state index contributed by atoms with van der Waals surface area (Å²) in [5.74, 6) is 0. The van der Waals surface area contributed by atoms with E-state index in [0.717, 1.165) is 37.7 Å². The lowest BCUT2D eigenvalue weighted by molar-refractivity contribution is -0.111. The topological polar surface area (TPSA) is 62.0 Å². The van der Waals surface area contributed by atoms with E-state index in [2.05, 4.69) is 10.3 Å². The van der Waals surface area contributed by atoms with Gasteiger partial charge < -0.3 is 10.3 Å². The zero-order chi connectivity index (χ0) is 11.4. The van der Waals surface area contributed by atoms with Gasteiger partial charge in [-0.05, 0) is 24.5 Å². The highest BCUT2D eigenvalue weighted by molar-refractivity contribution is 5.85. The van der Waals surface area contributed by atoms with Crippen molar-refractivity contribution in [1.82, 2.24) is 10.3 Å². The van der Waals surface area contributed by atoms with E-state index >= 15 is 0 Å². The lowest BCUT2D eigenvalue weighted by Crippen LogP contribution is -2.43. The van der Waals surface area contributed by atoms with Crippen LogP contribution in [-0.4, -0.2) is 11.4 Å². The van der Waals surface area contributed by atoms with Crippen molar-refractivity contribution in [3.63, 3.8) is 0 Å². The highest BCUT2D eigenvalue weighted by Crippen LogP contribution is 2.36. The number of aromatic nitrogens is 1. The molecule has 0 atom stereocenters. The van der Waals surface area contributed by atoms with Gasteiger partial charge in [0.25, 0.3) is 0 Å². The Labute approximate surface area is 106 Å². The Kier molecular flexibility index (Phi) is 4.75. The van der Waals surface area contributed by atoms with Crippen molar-refractivity contribution in [2.24, 2.45) is 0 Å². The van der Waals surface area contributed by atoms with Crippen LogP contribution in [0.2, 0.25) is 0 Å². The average molecular weight is 257 g/mol. The number of pyridine rings is 1. The molecule has 0 radical (unpaired) electrons. The van der Waals surface area contributed by atoms with Gasteiger partial charge in [0.05, 0.1) is 5.54 Å². The number of carbonyl (C=O) groups is 1. The summed E-state index contributed by atoms with van der Waals surface area (Å²) in [7, 11) is 0. The molecule has 0 saturated heterocycles. The molecule has 1 heterocycles. The highest BCUT2D eigenvalue weighted by atomic mass is 35.5. The van der Waals surface area contributed by atoms with Gasteiger partial charge in [0.15, 0.2) is 0 Å². The van der Waals surface area contributed by atoms with E-state index in [4.69, 9.17) is 0 Å². The van der Waals surface area contributed by atoms with Crippen LogP contribution < -0.4 is 10.9 Å². The maximum absolute atomic E-state index is 11.0. The smallest absolute Gasteiger partial charge is 0.247 e. The lowest BCUT2D eigenvalue weighted by atomic mass is 9.77. The Morgan fingerprint density at radius 2 is 1.94 bits per heavy atom. The van der Waals surface area contributed by atoms with Crippen molar-refractivity contribution in [2.45, 2.75) is 37.6 Å². The number of carbonyl (C=O) groups excluding carboxylic acids is 1. The first-order valence-electron chi connectivity index (χ1n) is 5.67. The molecule has 1 aromatic rings. The molecule has 1 aliphatic rings. The van der Waals surface area contributed by atoms with Crippen molar-refractivity contribution in [1.29, 1.82) is 0 Å². The Hall–Kier alpha value is -1.29. The third-order valence-electron chi connectivity index (χ3n) is 3.38. The fourth-order valence-electron chi connectivity index (χ4n) is 2.49. The second-order valence-corrected chi connectivity index (χ2v) is 4.35. The van der Waals surface area contributed by atoms with E-state index in [-0.39, 0.29) is 23.5 Å². The minimum atomic E-state index is -0.274. The van der Waals surface area contributed by atoms with Crippen LogP contribution in [0.5, 0.6) is 0 Å². The molecule has 0 unspecified atom stereocenters. The second-order valence-electron chi connectivity index (χ2n) is 4.35. The van der Waals surface area contributed by atoms with Crippen molar-refractivity contribution in [3.8, 4) is 0 Å². The molecule has 1 amide bonds. The molecule has 0 spiro atoms. The first-order chi connectivity index (χ1) is 7.77. The van der Waals surface area contributed by atoms with E-state index in [9.17, 15) is 9.59 Å². The minimum Gasteiger partial charge on any atom is -0.349 e. The van der Waals surface area contributed by atoms with Crippen LogP contribution in [0.1, 0.15) is 37.7 Å². The maximum Gasteiger partial charge on any atom is 0.247 e. The van der Waals surface area contributed by atoms with Crippen molar-refractivity contribution >= 4 is 18.8 Å². The summed E-state index contributed by atoms with van der Waals surface area (Å²) in [5, 5.41) is 2.93. The van der Waals surface area contributed by atoms with Crippen LogP contribution in [0.15, 0.2) is 23.1 Å². The molecule has 1 saturated carbocycles. The van der Waals surface area contributed by atoms with Crippen molar-refractivity contribution in [3.05, 3.63) is 34.2 Å². The van der Waals surface area contributed by atoms with Gasteiger partial charge in [-0.3, -0.25) is 9.59 Å². The average Bonchev–Trinajstić information content (AvgIpc) is 2.31. The number of nitrogens with one attached hydrogen (secondary N) is 2. The van der Waals surface area contributed by atoms with Gasteiger partial charge in [0.2, 0.25) is 12.0 Å². The molecule has 1 aliphatic carbocycles. The van der Waals surface area contributed by atoms with E-state index in [1.54, 1.807) is 12.3 Å². The normalized spacial score (nSPS) is 17.9. The zero-order valence-corrected chi connectivity index (χ0v) is 10.4.